The van der Waals surface area contributed by atoms with Crippen LogP contribution in [0.5, 0.6) is 0 Å². The van der Waals surface area contributed by atoms with Crippen molar-refractivity contribution >= 4 is 22.0 Å². The third-order valence-corrected chi connectivity index (χ3v) is 5.03. The van der Waals surface area contributed by atoms with Crippen LogP contribution in [-0.2, 0) is 30.8 Å². The third-order valence-electron chi connectivity index (χ3n) is 3.54. The van der Waals surface area contributed by atoms with Crippen molar-refractivity contribution in [2.45, 2.75) is 63.0 Å². The molecule has 4 N–H and O–H groups in total. The van der Waals surface area contributed by atoms with Gasteiger partial charge in [0.2, 0.25) is 10.0 Å². The molecule has 0 spiro atoms. The highest BCUT2D eigenvalue weighted by Crippen LogP contribution is 2.15. The number of ether oxygens (including phenoxy) is 1. The third kappa shape index (κ3) is 8.51. The summed E-state index contributed by atoms with van der Waals surface area (Å²) in [4.78, 5) is 23.0. The van der Waals surface area contributed by atoms with Crippen molar-refractivity contribution in [3.8, 4) is 0 Å². The van der Waals surface area contributed by atoms with Gasteiger partial charge in [-0.1, -0.05) is 18.6 Å². The number of nitrogens with two attached hydrogens (primary N) is 1. The second-order valence-electron chi connectivity index (χ2n) is 7.20. The molecule has 0 aromatic heterocycles. The predicted octanol–water partition coefficient (Wildman–Crippen LogP) is 1.43. The van der Waals surface area contributed by atoms with Gasteiger partial charge in [-0.05, 0) is 57.9 Å². The lowest BCUT2D eigenvalue weighted by Crippen LogP contribution is -2.40. The molecule has 0 unspecified atom stereocenters. The molecule has 0 saturated heterocycles. The van der Waals surface area contributed by atoms with Crippen LogP contribution in [0.25, 0.3) is 0 Å². The Morgan fingerprint density at radius 3 is 2.26 bits per heavy atom. The Morgan fingerprint density at radius 2 is 1.78 bits per heavy atom. The molecule has 0 amide bonds. The molecule has 9 heteroatoms. The largest absolute Gasteiger partial charge is 0.480 e. The zero-order chi connectivity index (χ0) is 20.7. The van der Waals surface area contributed by atoms with Crippen LogP contribution in [0.3, 0.4) is 0 Å². The molecule has 1 aromatic carbocycles. The van der Waals surface area contributed by atoms with E-state index in [1.165, 1.54) is 24.3 Å². The number of carboxylic acids is 1. The summed E-state index contributed by atoms with van der Waals surface area (Å²) in [7, 11) is -3.99. The van der Waals surface area contributed by atoms with Crippen LogP contribution in [0.1, 0.15) is 45.6 Å². The van der Waals surface area contributed by atoms with E-state index in [0.29, 0.717) is 24.9 Å². The number of rotatable bonds is 10. The average Bonchev–Trinajstić information content (AvgIpc) is 2.52. The normalized spacial score (nSPS) is 13.2. The SMILES string of the molecule is CC(C)(C)OC(=O)Cc1ccc(S(=O)(=O)N[C@@H](CCCCN)C(=O)O)cc1. The summed E-state index contributed by atoms with van der Waals surface area (Å²) in [5.74, 6) is -1.65. The minimum absolute atomic E-state index is 0.0157. The first-order valence-electron chi connectivity index (χ1n) is 8.70. The van der Waals surface area contributed by atoms with E-state index in [4.69, 9.17) is 10.5 Å². The molecule has 152 valence electrons. The average molecular weight is 400 g/mol. The van der Waals surface area contributed by atoms with Crippen molar-refractivity contribution in [1.29, 1.82) is 0 Å². The van der Waals surface area contributed by atoms with E-state index in [9.17, 15) is 23.1 Å². The van der Waals surface area contributed by atoms with E-state index in [2.05, 4.69) is 4.72 Å². The van der Waals surface area contributed by atoms with Crippen LogP contribution >= 0.6 is 0 Å². The number of benzene rings is 1. The lowest BCUT2D eigenvalue weighted by atomic mass is 10.1. The first kappa shape index (κ1) is 23.1. The fraction of sp³-hybridized carbons (Fsp3) is 0.556. The molecule has 0 aliphatic carbocycles. The van der Waals surface area contributed by atoms with E-state index < -0.39 is 33.6 Å². The van der Waals surface area contributed by atoms with Crippen LogP contribution in [0.2, 0.25) is 0 Å². The number of sulfonamides is 1. The van der Waals surface area contributed by atoms with Crippen LogP contribution in [0.15, 0.2) is 29.2 Å². The Labute approximate surface area is 160 Å². The molecule has 0 radical (unpaired) electrons. The van der Waals surface area contributed by atoms with Crippen LogP contribution in [0, 0.1) is 0 Å². The molecule has 27 heavy (non-hydrogen) atoms. The zero-order valence-corrected chi connectivity index (χ0v) is 16.7. The van der Waals surface area contributed by atoms with Gasteiger partial charge < -0.3 is 15.6 Å². The number of carbonyl (C=O) groups excluding carboxylic acids is 1. The van der Waals surface area contributed by atoms with Crippen molar-refractivity contribution in [3.63, 3.8) is 0 Å². The van der Waals surface area contributed by atoms with Gasteiger partial charge in [-0.15, -0.1) is 0 Å². The standard InChI is InChI=1S/C18H28N2O6S/c1-18(2,3)26-16(21)12-13-7-9-14(10-8-13)27(24,25)20-15(17(22)23)6-4-5-11-19/h7-10,15,20H,4-6,11-12,19H2,1-3H3,(H,22,23)/t15-/m0/s1. The van der Waals surface area contributed by atoms with Gasteiger partial charge in [-0.3, -0.25) is 9.59 Å². The highest BCUT2D eigenvalue weighted by atomic mass is 32.2. The van der Waals surface area contributed by atoms with E-state index in [0.717, 1.165) is 0 Å². The number of unbranched alkanes of at least 4 members (excludes halogenated alkanes) is 1. The minimum Gasteiger partial charge on any atom is -0.480 e. The Kier molecular flexibility index (Phi) is 8.39. The monoisotopic (exact) mass is 400 g/mol. The maximum Gasteiger partial charge on any atom is 0.321 e. The second kappa shape index (κ2) is 9.82. The summed E-state index contributed by atoms with van der Waals surface area (Å²) in [6, 6.07) is 4.45. The number of carboxylic acid groups (broad SMARTS) is 1. The summed E-state index contributed by atoms with van der Waals surface area (Å²) < 4.78 is 32.2. The van der Waals surface area contributed by atoms with Gasteiger partial charge in [0.25, 0.3) is 0 Å². The van der Waals surface area contributed by atoms with E-state index >= 15 is 0 Å². The van der Waals surface area contributed by atoms with Crippen molar-refractivity contribution < 1.29 is 27.9 Å². The lowest BCUT2D eigenvalue weighted by Gasteiger charge is -2.19. The zero-order valence-electron chi connectivity index (χ0n) is 15.9. The van der Waals surface area contributed by atoms with Gasteiger partial charge in [-0.25, -0.2) is 8.42 Å². The van der Waals surface area contributed by atoms with Crippen molar-refractivity contribution in [3.05, 3.63) is 29.8 Å². The van der Waals surface area contributed by atoms with Crippen LogP contribution in [0.4, 0.5) is 0 Å². The van der Waals surface area contributed by atoms with Gasteiger partial charge >= 0.3 is 11.9 Å². The number of aliphatic carboxylic acids is 1. The molecule has 1 rings (SSSR count). The molecular formula is C18H28N2O6S. The number of hydrogen-bond acceptors (Lipinski definition) is 6. The highest BCUT2D eigenvalue weighted by Gasteiger charge is 2.25. The topological polar surface area (TPSA) is 136 Å². The highest BCUT2D eigenvalue weighted by molar-refractivity contribution is 7.89. The molecule has 0 heterocycles. The first-order valence-corrected chi connectivity index (χ1v) is 10.2. The van der Waals surface area contributed by atoms with Crippen molar-refractivity contribution in [2.75, 3.05) is 6.54 Å². The number of carbonyl (C=O) groups is 2. The van der Waals surface area contributed by atoms with Gasteiger partial charge in [0.1, 0.15) is 11.6 Å². The number of esters is 1. The Morgan fingerprint density at radius 1 is 1.19 bits per heavy atom. The summed E-state index contributed by atoms with van der Waals surface area (Å²) in [5.41, 5.74) is 5.37. The van der Waals surface area contributed by atoms with Crippen LogP contribution in [-0.4, -0.2) is 43.7 Å². The first-order chi connectivity index (χ1) is 12.4. The summed E-state index contributed by atoms with van der Waals surface area (Å²) in [5, 5.41) is 9.21. The molecule has 8 nitrogen and oxygen atoms in total. The maximum atomic E-state index is 12.4. The Balaban J connectivity index is 2.80. The molecule has 1 aromatic rings. The minimum atomic E-state index is -3.99. The Hall–Kier alpha value is -1.97. The number of nitrogens with one attached hydrogen (secondary N) is 1. The fourth-order valence-electron chi connectivity index (χ4n) is 2.31. The second-order valence-corrected chi connectivity index (χ2v) is 8.92. The molecule has 0 aliphatic rings. The summed E-state index contributed by atoms with van der Waals surface area (Å²) >= 11 is 0. The van der Waals surface area contributed by atoms with E-state index in [-0.39, 0.29) is 17.7 Å². The van der Waals surface area contributed by atoms with Crippen molar-refractivity contribution in [2.24, 2.45) is 5.73 Å². The quantitative estimate of drug-likeness (QED) is 0.399. The van der Waals surface area contributed by atoms with E-state index in [1.54, 1.807) is 20.8 Å². The maximum absolute atomic E-state index is 12.4. The van der Waals surface area contributed by atoms with Crippen molar-refractivity contribution in [1.82, 2.24) is 4.72 Å². The summed E-state index contributed by atoms with van der Waals surface area (Å²) in [6.45, 7) is 5.70. The molecule has 0 aliphatic heterocycles. The van der Waals surface area contributed by atoms with Gasteiger partial charge in [0.05, 0.1) is 11.3 Å². The van der Waals surface area contributed by atoms with Crippen LogP contribution < -0.4 is 10.5 Å². The Bertz CT molecular complexity index is 738. The molecule has 0 bridgehead atoms. The molecule has 0 fully saturated rings. The molecular weight excluding hydrogens is 372 g/mol. The fourth-order valence-corrected chi connectivity index (χ4v) is 3.54. The number of hydrogen-bond donors (Lipinski definition) is 3. The van der Waals surface area contributed by atoms with Gasteiger partial charge in [0, 0.05) is 0 Å². The summed E-state index contributed by atoms with van der Waals surface area (Å²) in [6.07, 6.45) is 1.29. The van der Waals surface area contributed by atoms with E-state index in [1.807, 2.05) is 0 Å². The molecule has 1 atom stereocenters. The van der Waals surface area contributed by atoms with Gasteiger partial charge in [0.15, 0.2) is 0 Å². The lowest BCUT2D eigenvalue weighted by molar-refractivity contribution is -0.154. The predicted molar refractivity (Wildman–Crippen MR) is 101 cm³/mol. The van der Waals surface area contributed by atoms with Gasteiger partial charge in [-0.2, -0.15) is 4.72 Å². The smallest absolute Gasteiger partial charge is 0.321 e. The molecule has 0 saturated carbocycles.